The van der Waals surface area contributed by atoms with Crippen LogP contribution < -0.4 is 10.5 Å². The Hall–Kier alpha value is -2.15. The molecule has 1 aromatic rings. The Bertz CT molecular complexity index is 473. The fourth-order valence-corrected chi connectivity index (χ4v) is 1.40. The van der Waals surface area contributed by atoms with Crippen LogP contribution in [0.1, 0.15) is 13.3 Å². The summed E-state index contributed by atoms with van der Waals surface area (Å²) in [5, 5.41) is 10.6. The van der Waals surface area contributed by atoms with Gasteiger partial charge in [0.2, 0.25) is 0 Å². The Labute approximate surface area is 110 Å². The number of nitro groups is 1. The first-order valence-corrected chi connectivity index (χ1v) is 5.61. The predicted octanol–water partition coefficient (Wildman–Crippen LogP) is 1.25. The van der Waals surface area contributed by atoms with Crippen LogP contribution in [0.2, 0.25) is 0 Å². The fraction of sp³-hybridized carbons (Fsp3) is 0.417. The van der Waals surface area contributed by atoms with Gasteiger partial charge in [-0.2, -0.15) is 0 Å². The van der Waals surface area contributed by atoms with E-state index in [1.165, 1.54) is 32.2 Å². The lowest BCUT2D eigenvalue weighted by atomic mass is 10.0. The number of carbonyl (C=O) groups is 1. The van der Waals surface area contributed by atoms with Gasteiger partial charge in [0.15, 0.2) is 0 Å². The first kappa shape index (κ1) is 14.9. The van der Waals surface area contributed by atoms with Crippen LogP contribution in [-0.4, -0.2) is 30.1 Å². The number of benzene rings is 1. The third-order valence-electron chi connectivity index (χ3n) is 2.57. The lowest BCUT2D eigenvalue weighted by Crippen LogP contribution is -2.46. The summed E-state index contributed by atoms with van der Waals surface area (Å²) >= 11 is 0. The van der Waals surface area contributed by atoms with E-state index in [-0.39, 0.29) is 18.7 Å². The molecule has 0 aliphatic rings. The second-order valence-corrected chi connectivity index (χ2v) is 4.26. The minimum absolute atomic E-state index is 0.0546. The van der Waals surface area contributed by atoms with E-state index < -0.39 is 16.4 Å². The van der Waals surface area contributed by atoms with E-state index in [4.69, 9.17) is 10.5 Å². The van der Waals surface area contributed by atoms with Crippen molar-refractivity contribution in [2.45, 2.75) is 18.9 Å². The van der Waals surface area contributed by atoms with Crippen molar-refractivity contribution < 1.29 is 19.2 Å². The molecule has 2 N–H and O–H groups in total. The van der Waals surface area contributed by atoms with Crippen molar-refractivity contribution in [1.82, 2.24) is 0 Å². The molecule has 0 saturated heterocycles. The third-order valence-corrected chi connectivity index (χ3v) is 2.57. The van der Waals surface area contributed by atoms with E-state index in [2.05, 4.69) is 4.74 Å². The molecule has 104 valence electrons. The van der Waals surface area contributed by atoms with Gasteiger partial charge in [0.05, 0.1) is 24.7 Å². The molecule has 1 unspecified atom stereocenters. The van der Waals surface area contributed by atoms with Crippen LogP contribution in [0.5, 0.6) is 5.75 Å². The number of nitro benzene ring substituents is 1. The zero-order valence-corrected chi connectivity index (χ0v) is 10.8. The first-order chi connectivity index (χ1) is 8.86. The highest BCUT2D eigenvalue weighted by atomic mass is 16.6. The van der Waals surface area contributed by atoms with Crippen molar-refractivity contribution in [3.8, 4) is 5.75 Å². The number of esters is 1. The second kappa shape index (κ2) is 6.14. The Morgan fingerprint density at radius 2 is 2.21 bits per heavy atom. The van der Waals surface area contributed by atoms with Crippen LogP contribution in [0.3, 0.4) is 0 Å². The molecule has 1 atom stereocenters. The van der Waals surface area contributed by atoms with E-state index in [0.29, 0.717) is 5.75 Å². The molecule has 0 bridgehead atoms. The number of ether oxygens (including phenoxy) is 2. The maximum Gasteiger partial charge on any atom is 0.325 e. The Morgan fingerprint density at radius 3 is 2.79 bits per heavy atom. The molecule has 7 nitrogen and oxygen atoms in total. The zero-order chi connectivity index (χ0) is 14.5. The number of non-ortho nitro benzene ring substituents is 1. The largest absolute Gasteiger partial charge is 0.493 e. The number of rotatable bonds is 6. The molecule has 1 aromatic carbocycles. The van der Waals surface area contributed by atoms with Crippen molar-refractivity contribution in [3.63, 3.8) is 0 Å². The van der Waals surface area contributed by atoms with E-state index in [1.807, 2.05) is 0 Å². The Kier molecular flexibility index (Phi) is 4.82. The van der Waals surface area contributed by atoms with Crippen molar-refractivity contribution in [2.75, 3.05) is 13.7 Å². The van der Waals surface area contributed by atoms with Crippen molar-refractivity contribution >= 4 is 11.7 Å². The number of nitrogens with zero attached hydrogens (tertiary/aromatic N) is 1. The van der Waals surface area contributed by atoms with Gasteiger partial charge in [-0.3, -0.25) is 14.9 Å². The van der Waals surface area contributed by atoms with Crippen LogP contribution >= 0.6 is 0 Å². The molecule has 0 amide bonds. The topological polar surface area (TPSA) is 105 Å². The monoisotopic (exact) mass is 268 g/mol. The van der Waals surface area contributed by atoms with Gasteiger partial charge in [0, 0.05) is 12.5 Å². The summed E-state index contributed by atoms with van der Waals surface area (Å²) in [4.78, 5) is 21.4. The summed E-state index contributed by atoms with van der Waals surface area (Å²) in [7, 11) is 1.26. The summed E-state index contributed by atoms with van der Waals surface area (Å²) in [6.45, 7) is 1.69. The van der Waals surface area contributed by atoms with Gasteiger partial charge in [-0.05, 0) is 13.0 Å². The zero-order valence-electron chi connectivity index (χ0n) is 10.8. The van der Waals surface area contributed by atoms with Gasteiger partial charge in [-0.1, -0.05) is 6.07 Å². The number of methoxy groups -OCH3 is 1. The molecule has 0 saturated carbocycles. The maximum absolute atomic E-state index is 11.3. The first-order valence-electron chi connectivity index (χ1n) is 5.61. The molecular formula is C12H16N2O5. The number of carbonyl (C=O) groups excluding carboxylic acids is 1. The van der Waals surface area contributed by atoms with E-state index in [9.17, 15) is 14.9 Å². The molecule has 0 aliphatic heterocycles. The molecule has 7 heteroatoms. The van der Waals surface area contributed by atoms with Gasteiger partial charge >= 0.3 is 5.97 Å². The molecule has 0 heterocycles. The Balaban J connectivity index is 2.56. The molecule has 0 spiro atoms. The normalized spacial score (nSPS) is 13.4. The smallest absolute Gasteiger partial charge is 0.325 e. The molecule has 0 aromatic heterocycles. The van der Waals surface area contributed by atoms with Gasteiger partial charge in [0.1, 0.15) is 11.3 Å². The summed E-state index contributed by atoms with van der Waals surface area (Å²) in [6, 6.07) is 5.80. The van der Waals surface area contributed by atoms with Crippen LogP contribution in [0, 0.1) is 10.1 Å². The minimum atomic E-state index is -1.14. The third kappa shape index (κ3) is 4.22. The van der Waals surface area contributed by atoms with Crippen molar-refractivity contribution in [2.24, 2.45) is 5.73 Å². The van der Waals surface area contributed by atoms with Gasteiger partial charge in [-0.15, -0.1) is 0 Å². The molecule has 0 radical (unpaired) electrons. The summed E-state index contributed by atoms with van der Waals surface area (Å²) in [6.07, 6.45) is 0.238. The predicted molar refractivity (Wildman–Crippen MR) is 67.8 cm³/mol. The number of hydrogen-bond acceptors (Lipinski definition) is 6. The Morgan fingerprint density at radius 1 is 1.53 bits per heavy atom. The lowest BCUT2D eigenvalue weighted by Gasteiger charge is -2.21. The molecule has 0 aliphatic carbocycles. The van der Waals surface area contributed by atoms with E-state index in [0.717, 1.165) is 0 Å². The van der Waals surface area contributed by atoms with Gasteiger partial charge < -0.3 is 15.2 Å². The quantitative estimate of drug-likeness (QED) is 0.473. The average Bonchev–Trinajstić information content (AvgIpc) is 2.37. The summed E-state index contributed by atoms with van der Waals surface area (Å²) in [5.41, 5.74) is 4.55. The second-order valence-electron chi connectivity index (χ2n) is 4.26. The number of hydrogen-bond donors (Lipinski definition) is 1. The van der Waals surface area contributed by atoms with Crippen LogP contribution in [0.15, 0.2) is 24.3 Å². The molecular weight excluding hydrogens is 252 g/mol. The van der Waals surface area contributed by atoms with Crippen LogP contribution in [0.4, 0.5) is 5.69 Å². The summed E-state index contributed by atoms with van der Waals surface area (Å²) < 4.78 is 9.89. The fourth-order valence-electron chi connectivity index (χ4n) is 1.40. The van der Waals surface area contributed by atoms with Gasteiger partial charge in [0.25, 0.3) is 5.69 Å². The van der Waals surface area contributed by atoms with Crippen LogP contribution in [0.25, 0.3) is 0 Å². The van der Waals surface area contributed by atoms with E-state index >= 15 is 0 Å². The highest BCUT2D eigenvalue weighted by Gasteiger charge is 2.29. The molecule has 0 fully saturated rings. The minimum Gasteiger partial charge on any atom is -0.493 e. The van der Waals surface area contributed by atoms with Crippen molar-refractivity contribution in [3.05, 3.63) is 34.4 Å². The molecule has 19 heavy (non-hydrogen) atoms. The lowest BCUT2D eigenvalue weighted by molar-refractivity contribution is -0.384. The highest BCUT2D eigenvalue weighted by molar-refractivity contribution is 5.79. The number of nitrogens with two attached hydrogens (primary N) is 1. The standard InChI is InChI=1S/C12H16N2O5/c1-12(13,11(15)18-2)6-7-19-10-5-3-4-9(8-10)14(16)17/h3-5,8H,6-7,13H2,1-2H3. The van der Waals surface area contributed by atoms with Crippen molar-refractivity contribution in [1.29, 1.82) is 0 Å². The van der Waals surface area contributed by atoms with E-state index in [1.54, 1.807) is 6.07 Å². The SMILES string of the molecule is COC(=O)C(C)(N)CCOc1cccc([N+](=O)[O-])c1. The maximum atomic E-state index is 11.3. The molecule has 1 rings (SSSR count). The summed E-state index contributed by atoms with van der Waals surface area (Å²) in [5.74, 6) is -0.176. The average molecular weight is 268 g/mol. The van der Waals surface area contributed by atoms with Gasteiger partial charge in [-0.25, -0.2) is 0 Å². The van der Waals surface area contributed by atoms with Crippen LogP contribution in [-0.2, 0) is 9.53 Å². The highest BCUT2D eigenvalue weighted by Crippen LogP contribution is 2.19.